The normalized spacial score (nSPS) is 12.3. The van der Waals surface area contributed by atoms with Crippen LogP contribution >= 0.6 is 11.6 Å². The van der Waals surface area contributed by atoms with Gasteiger partial charge in [-0.3, -0.25) is 0 Å². The standard InChI is InChI=1S/C12H14ClF/c1-8(2)7-9(3)12-10(13)5-4-6-11(12)14/h4-8H,1-3H3/b9-7+. The Morgan fingerprint density at radius 1 is 1.43 bits per heavy atom. The Hall–Kier alpha value is -0.820. The van der Waals surface area contributed by atoms with Crippen LogP contribution in [0.5, 0.6) is 0 Å². The summed E-state index contributed by atoms with van der Waals surface area (Å²) in [4.78, 5) is 0. The van der Waals surface area contributed by atoms with Crippen molar-refractivity contribution < 1.29 is 4.39 Å². The van der Waals surface area contributed by atoms with Gasteiger partial charge in [-0.1, -0.05) is 37.6 Å². The van der Waals surface area contributed by atoms with Gasteiger partial charge in [0.2, 0.25) is 0 Å². The Morgan fingerprint density at radius 2 is 2.07 bits per heavy atom. The molecule has 1 aromatic carbocycles. The SMILES string of the molecule is C/C(=C\C(C)C)c1c(F)cccc1Cl. The molecule has 2 heteroatoms. The number of benzene rings is 1. The van der Waals surface area contributed by atoms with Crippen molar-refractivity contribution in [2.24, 2.45) is 5.92 Å². The fourth-order valence-electron chi connectivity index (χ4n) is 1.46. The van der Waals surface area contributed by atoms with Crippen molar-refractivity contribution in [1.82, 2.24) is 0 Å². The topological polar surface area (TPSA) is 0 Å². The van der Waals surface area contributed by atoms with Crippen LogP contribution in [0.15, 0.2) is 24.3 Å². The lowest BCUT2D eigenvalue weighted by molar-refractivity contribution is 0.623. The molecule has 0 aliphatic rings. The van der Waals surface area contributed by atoms with Gasteiger partial charge in [-0.2, -0.15) is 0 Å². The van der Waals surface area contributed by atoms with Gasteiger partial charge in [0.15, 0.2) is 0 Å². The summed E-state index contributed by atoms with van der Waals surface area (Å²) in [6.07, 6.45) is 2.00. The maximum absolute atomic E-state index is 13.4. The van der Waals surface area contributed by atoms with E-state index in [-0.39, 0.29) is 5.82 Å². The third-order valence-corrected chi connectivity index (χ3v) is 2.26. The molecular weight excluding hydrogens is 199 g/mol. The molecule has 0 radical (unpaired) electrons. The summed E-state index contributed by atoms with van der Waals surface area (Å²) >= 11 is 5.93. The summed E-state index contributed by atoms with van der Waals surface area (Å²) in [5.41, 5.74) is 1.41. The van der Waals surface area contributed by atoms with Gasteiger partial charge in [0, 0.05) is 5.56 Å². The van der Waals surface area contributed by atoms with Crippen LogP contribution in [0.3, 0.4) is 0 Å². The van der Waals surface area contributed by atoms with Crippen molar-refractivity contribution in [3.05, 3.63) is 40.7 Å². The van der Waals surface area contributed by atoms with Crippen LogP contribution in [0.2, 0.25) is 5.02 Å². The van der Waals surface area contributed by atoms with Crippen LogP contribution in [-0.4, -0.2) is 0 Å². The minimum atomic E-state index is -0.257. The van der Waals surface area contributed by atoms with Crippen LogP contribution in [-0.2, 0) is 0 Å². The minimum absolute atomic E-state index is 0.257. The van der Waals surface area contributed by atoms with Gasteiger partial charge in [-0.15, -0.1) is 0 Å². The molecule has 0 heterocycles. The summed E-state index contributed by atoms with van der Waals surface area (Å²) in [5.74, 6) is 0.137. The zero-order valence-corrected chi connectivity index (χ0v) is 9.40. The average Bonchev–Trinajstić information content (AvgIpc) is 2.01. The first-order valence-corrected chi connectivity index (χ1v) is 5.03. The monoisotopic (exact) mass is 212 g/mol. The predicted molar refractivity (Wildman–Crippen MR) is 59.9 cm³/mol. The molecular formula is C12H14ClF. The predicted octanol–water partition coefficient (Wildman–Crippen LogP) is 4.54. The fraction of sp³-hybridized carbons (Fsp3) is 0.333. The van der Waals surface area contributed by atoms with Crippen LogP contribution in [0.4, 0.5) is 4.39 Å². The summed E-state index contributed by atoms with van der Waals surface area (Å²) in [7, 11) is 0. The molecule has 0 aromatic heterocycles. The maximum Gasteiger partial charge on any atom is 0.132 e. The molecule has 0 bridgehead atoms. The molecule has 0 N–H and O–H groups in total. The molecule has 0 aliphatic heterocycles. The first-order chi connectivity index (χ1) is 6.52. The highest BCUT2D eigenvalue weighted by Gasteiger charge is 2.08. The third-order valence-electron chi connectivity index (χ3n) is 1.94. The summed E-state index contributed by atoms with van der Waals surface area (Å²) in [5, 5.41) is 0.472. The second-order valence-electron chi connectivity index (χ2n) is 3.69. The van der Waals surface area contributed by atoms with Crippen molar-refractivity contribution in [3.63, 3.8) is 0 Å². The Morgan fingerprint density at radius 3 is 2.57 bits per heavy atom. The van der Waals surface area contributed by atoms with Crippen LogP contribution < -0.4 is 0 Å². The lowest BCUT2D eigenvalue weighted by atomic mass is 10.0. The Labute approximate surface area is 89.4 Å². The van der Waals surface area contributed by atoms with E-state index in [0.717, 1.165) is 5.57 Å². The quantitative estimate of drug-likeness (QED) is 0.675. The van der Waals surface area contributed by atoms with Crippen molar-refractivity contribution in [1.29, 1.82) is 0 Å². The van der Waals surface area contributed by atoms with Gasteiger partial charge in [-0.25, -0.2) is 4.39 Å². The largest absolute Gasteiger partial charge is 0.206 e. The summed E-state index contributed by atoms with van der Waals surface area (Å²) in [6.45, 7) is 5.99. The lowest BCUT2D eigenvalue weighted by Gasteiger charge is -2.07. The van der Waals surface area contributed by atoms with Gasteiger partial charge in [0.05, 0.1) is 5.02 Å². The minimum Gasteiger partial charge on any atom is -0.206 e. The number of allylic oxidation sites excluding steroid dienone is 2. The van der Waals surface area contributed by atoms with Crippen molar-refractivity contribution in [3.8, 4) is 0 Å². The number of hydrogen-bond acceptors (Lipinski definition) is 0. The molecule has 0 aliphatic carbocycles. The Kier molecular flexibility index (Phi) is 3.70. The molecule has 0 amide bonds. The van der Waals surface area contributed by atoms with Gasteiger partial charge in [-0.05, 0) is 30.5 Å². The van der Waals surface area contributed by atoms with Gasteiger partial charge < -0.3 is 0 Å². The van der Waals surface area contributed by atoms with E-state index >= 15 is 0 Å². The summed E-state index contributed by atoms with van der Waals surface area (Å²) < 4.78 is 13.4. The first-order valence-electron chi connectivity index (χ1n) is 4.65. The molecule has 0 fully saturated rings. The highest BCUT2D eigenvalue weighted by atomic mass is 35.5. The smallest absolute Gasteiger partial charge is 0.132 e. The van der Waals surface area contributed by atoms with Crippen molar-refractivity contribution in [2.45, 2.75) is 20.8 Å². The molecule has 0 saturated heterocycles. The summed E-state index contributed by atoms with van der Waals surface area (Å²) in [6, 6.07) is 4.75. The van der Waals surface area contributed by atoms with Crippen molar-refractivity contribution >= 4 is 17.2 Å². The molecule has 0 spiro atoms. The molecule has 14 heavy (non-hydrogen) atoms. The molecule has 76 valence electrons. The van der Waals surface area contributed by atoms with E-state index in [9.17, 15) is 4.39 Å². The molecule has 0 saturated carbocycles. The van der Waals surface area contributed by atoms with Gasteiger partial charge in [0.1, 0.15) is 5.82 Å². The Bertz CT molecular complexity index is 333. The number of rotatable bonds is 2. The zero-order valence-electron chi connectivity index (χ0n) is 8.64. The molecule has 0 atom stereocenters. The van der Waals surface area contributed by atoms with Crippen LogP contribution in [0.25, 0.3) is 5.57 Å². The zero-order chi connectivity index (χ0) is 10.7. The van der Waals surface area contributed by atoms with E-state index in [2.05, 4.69) is 13.8 Å². The first kappa shape index (κ1) is 11.3. The van der Waals surface area contributed by atoms with E-state index < -0.39 is 0 Å². The van der Waals surface area contributed by atoms with E-state index in [1.807, 2.05) is 13.0 Å². The van der Waals surface area contributed by atoms with Gasteiger partial charge in [0.25, 0.3) is 0 Å². The van der Waals surface area contributed by atoms with E-state index in [4.69, 9.17) is 11.6 Å². The molecule has 1 rings (SSSR count). The molecule has 0 nitrogen and oxygen atoms in total. The van der Waals surface area contributed by atoms with E-state index in [0.29, 0.717) is 16.5 Å². The highest BCUT2D eigenvalue weighted by Crippen LogP contribution is 2.27. The lowest BCUT2D eigenvalue weighted by Crippen LogP contribution is -1.90. The molecule has 0 unspecified atom stereocenters. The number of halogens is 2. The molecule has 1 aromatic rings. The van der Waals surface area contributed by atoms with E-state index in [1.165, 1.54) is 6.07 Å². The Balaban J connectivity index is 3.18. The van der Waals surface area contributed by atoms with Crippen LogP contribution in [0.1, 0.15) is 26.3 Å². The van der Waals surface area contributed by atoms with E-state index in [1.54, 1.807) is 12.1 Å². The maximum atomic E-state index is 13.4. The number of hydrogen-bond donors (Lipinski definition) is 0. The third kappa shape index (κ3) is 2.58. The van der Waals surface area contributed by atoms with Crippen LogP contribution in [0, 0.1) is 11.7 Å². The highest BCUT2D eigenvalue weighted by molar-refractivity contribution is 6.32. The van der Waals surface area contributed by atoms with Crippen molar-refractivity contribution in [2.75, 3.05) is 0 Å². The fourth-order valence-corrected chi connectivity index (χ4v) is 1.77. The average molecular weight is 213 g/mol. The second kappa shape index (κ2) is 4.61. The van der Waals surface area contributed by atoms with Gasteiger partial charge >= 0.3 is 0 Å². The second-order valence-corrected chi connectivity index (χ2v) is 4.10.